The van der Waals surface area contributed by atoms with Crippen molar-refractivity contribution >= 4 is 40.0 Å². The molecule has 10 heteroatoms. The Bertz CT molecular complexity index is 922. The zero-order valence-corrected chi connectivity index (χ0v) is 15.2. The van der Waals surface area contributed by atoms with E-state index in [1.54, 1.807) is 6.07 Å². The number of benzene rings is 1. The predicted octanol–water partition coefficient (Wildman–Crippen LogP) is 0.863. The molecule has 0 saturated carbocycles. The average molecular weight is 448 g/mol. The molecule has 24 heavy (non-hydrogen) atoms. The van der Waals surface area contributed by atoms with Gasteiger partial charge in [-0.2, -0.15) is 0 Å². The Labute approximate surface area is 149 Å². The molecule has 0 radical (unpaired) electrons. The van der Waals surface area contributed by atoms with Crippen molar-refractivity contribution in [3.05, 3.63) is 54.0 Å². The fraction of sp³-hybridized carbons (Fsp3) is 0.214. The second kappa shape index (κ2) is 7.13. The normalized spacial score (nSPS) is 10.5. The van der Waals surface area contributed by atoms with Crippen LogP contribution in [0.4, 0.5) is 15.9 Å². The van der Waals surface area contributed by atoms with Gasteiger partial charge < -0.3 is 5.32 Å². The molecule has 0 aliphatic heterocycles. The van der Waals surface area contributed by atoms with Crippen LogP contribution in [0.25, 0.3) is 0 Å². The summed E-state index contributed by atoms with van der Waals surface area (Å²) in [5.74, 6) is -1.59. The first-order chi connectivity index (χ1) is 11.3. The highest BCUT2D eigenvalue weighted by atomic mass is 127. The molecule has 2 aromatic rings. The second-order valence-electron chi connectivity index (χ2n) is 4.81. The highest BCUT2D eigenvalue weighted by Gasteiger charge is 2.23. The first-order valence-corrected chi connectivity index (χ1v) is 7.71. The van der Waals surface area contributed by atoms with E-state index in [0.717, 1.165) is 9.13 Å². The van der Waals surface area contributed by atoms with Crippen LogP contribution in [-0.2, 0) is 18.9 Å². The highest BCUT2D eigenvalue weighted by Crippen LogP contribution is 2.22. The van der Waals surface area contributed by atoms with Crippen molar-refractivity contribution in [1.82, 2.24) is 14.6 Å². The van der Waals surface area contributed by atoms with E-state index >= 15 is 0 Å². The van der Waals surface area contributed by atoms with Crippen molar-refractivity contribution in [2.24, 2.45) is 14.1 Å². The van der Waals surface area contributed by atoms with Gasteiger partial charge in [0, 0.05) is 17.7 Å². The fourth-order valence-corrected chi connectivity index (χ4v) is 2.51. The van der Waals surface area contributed by atoms with Crippen LogP contribution in [0.1, 0.15) is 10.4 Å². The predicted molar refractivity (Wildman–Crippen MR) is 93.8 cm³/mol. The first-order valence-electron chi connectivity index (χ1n) is 6.63. The molecule has 128 valence electrons. The summed E-state index contributed by atoms with van der Waals surface area (Å²) in [6, 6.07) is 4.36. The summed E-state index contributed by atoms with van der Waals surface area (Å²) >= 11 is 1.95. The number of hydrogen-bond donors (Lipinski definition) is 2. The molecule has 0 unspecified atom stereocenters. The lowest BCUT2D eigenvalue weighted by Crippen LogP contribution is -2.43. The molecule has 2 rings (SSSR count). The molecule has 8 nitrogen and oxygen atoms in total. The maximum absolute atomic E-state index is 14.1. The Morgan fingerprint density at radius 2 is 1.92 bits per heavy atom. The van der Waals surface area contributed by atoms with Crippen LogP contribution in [0, 0.1) is 9.39 Å². The van der Waals surface area contributed by atoms with Gasteiger partial charge in [0.25, 0.3) is 11.5 Å². The molecule has 0 atom stereocenters. The lowest BCUT2D eigenvalue weighted by molar-refractivity contribution is 0.0535. The largest absolute Gasteiger partial charge is 0.338 e. The fourth-order valence-electron chi connectivity index (χ4n) is 2.06. The zero-order chi connectivity index (χ0) is 18.0. The number of carbonyl (C=O) groups excluding carboxylic acids is 1. The number of hydroxylamine groups is 1. The van der Waals surface area contributed by atoms with Crippen molar-refractivity contribution in [2.75, 3.05) is 12.4 Å². The summed E-state index contributed by atoms with van der Waals surface area (Å²) in [4.78, 5) is 41.1. The topological polar surface area (TPSA) is 94.4 Å². The van der Waals surface area contributed by atoms with Gasteiger partial charge in [-0.1, -0.05) is 0 Å². The van der Waals surface area contributed by atoms with Gasteiger partial charge in [0.15, 0.2) is 0 Å². The second-order valence-corrected chi connectivity index (χ2v) is 6.06. The van der Waals surface area contributed by atoms with Gasteiger partial charge in [-0.15, -0.1) is 0 Å². The average Bonchev–Trinajstić information content (AvgIpc) is 2.53. The van der Waals surface area contributed by atoms with Crippen LogP contribution < -0.4 is 22.0 Å². The molecule has 0 fully saturated rings. The molecular formula is C14H14FIN4O4. The number of nitrogens with zero attached hydrogens (tertiary/aromatic N) is 2. The van der Waals surface area contributed by atoms with Crippen LogP contribution in [-0.4, -0.2) is 22.2 Å². The van der Waals surface area contributed by atoms with Crippen LogP contribution in [0.5, 0.6) is 0 Å². The van der Waals surface area contributed by atoms with E-state index in [2.05, 4.69) is 10.2 Å². The van der Waals surface area contributed by atoms with Crippen LogP contribution in [0.15, 0.2) is 27.8 Å². The SMILES string of the molecule is CONC(=O)c1c(Nc2ccc(I)cc2F)n(C)c(=O)n(C)c1=O. The number of rotatable bonds is 4. The van der Waals surface area contributed by atoms with Crippen molar-refractivity contribution < 1.29 is 14.0 Å². The molecule has 0 aliphatic rings. The van der Waals surface area contributed by atoms with E-state index in [4.69, 9.17) is 0 Å². The number of amides is 1. The summed E-state index contributed by atoms with van der Waals surface area (Å²) in [6.07, 6.45) is 0. The molecule has 0 aliphatic carbocycles. The summed E-state index contributed by atoms with van der Waals surface area (Å²) in [6.45, 7) is 0. The van der Waals surface area contributed by atoms with E-state index < -0.39 is 23.0 Å². The number of nitrogens with one attached hydrogen (secondary N) is 2. The van der Waals surface area contributed by atoms with Gasteiger partial charge in [0.1, 0.15) is 17.2 Å². The van der Waals surface area contributed by atoms with Crippen molar-refractivity contribution in [3.63, 3.8) is 0 Å². The molecule has 2 N–H and O–H groups in total. The van der Waals surface area contributed by atoms with Crippen LogP contribution in [0.3, 0.4) is 0 Å². The minimum Gasteiger partial charge on any atom is -0.338 e. The van der Waals surface area contributed by atoms with Gasteiger partial charge in [0.05, 0.1) is 12.8 Å². The molecule has 1 amide bonds. The summed E-state index contributed by atoms with van der Waals surface area (Å²) in [7, 11) is 3.80. The minimum absolute atomic E-state index is 0.0186. The van der Waals surface area contributed by atoms with Crippen LogP contribution >= 0.6 is 22.6 Å². The maximum Gasteiger partial charge on any atom is 0.332 e. The van der Waals surface area contributed by atoms with E-state index in [9.17, 15) is 18.8 Å². The summed E-state index contributed by atoms with van der Waals surface area (Å²) in [5.41, 5.74) is 0.170. The molecule has 0 bridgehead atoms. The Morgan fingerprint density at radius 3 is 2.50 bits per heavy atom. The van der Waals surface area contributed by atoms with Crippen LogP contribution in [0.2, 0.25) is 0 Å². The minimum atomic E-state index is -0.859. The quantitative estimate of drug-likeness (QED) is 0.535. The molecule has 1 heterocycles. The van der Waals surface area contributed by atoms with Gasteiger partial charge >= 0.3 is 5.69 Å². The monoisotopic (exact) mass is 448 g/mol. The van der Waals surface area contributed by atoms with Gasteiger partial charge in [0.2, 0.25) is 0 Å². The Morgan fingerprint density at radius 1 is 1.25 bits per heavy atom. The smallest absolute Gasteiger partial charge is 0.332 e. The Kier molecular flexibility index (Phi) is 5.39. The lowest BCUT2D eigenvalue weighted by Gasteiger charge is -2.16. The summed E-state index contributed by atoms with van der Waals surface area (Å²) < 4.78 is 16.6. The molecular weight excluding hydrogens is 434 g/mol. The standard InChI is InChI=1S/C14H14FIN4O4/c1-19-11(17-9-5-4-7(16)6-8(9)15)10(12(21)18-24-3)13(22)20(2)14(19)23/h4-6,17H,1-3H3,(H,18,21). The van der Waals surface area contributed by atoms with Gasteiger partial charge in [-0.05, 0) is 40.8 Å². The number of anilines is 2. The number of aromatic nitrogens is 2. The third-order valence-electron chi connectivity index (χ3n) is 3.27. The summed E-state index contributed by atoms with van der Waals surface area (Å²) in [5, 5.41) is 2.64. The third-order valence-corrected chi connectivity index (χ3v) is 3.94. The number of carbonyl (C=O) groups is 1. The number of hydrogen-bond acceptors (Lipinski definition) is 5. The number of halogens is 2. The van der Waals surface area contributed by atoms with Crippen molar-refractivity contribution in [2.45, 2.75) is 0 Å². The van der Waals surface area contributed by atoms with E-state index in [1.165, 1.54) is 33.3 Å². The highest BCUT2D eigenvalue weighted by molar-refractivity contribution is 14.1. The molecule has 1 aromatic heterocycles. The van der Waals surface area contributed by atoms with Gasteiger partial charge in [-0.25, -0.2) is 14.7 Å². The molecule has 1 aromatic carbocycles. The zero-order valence-electron chi connectivity index (χ0n) is 13.0. The Hall–Kier alpha value is -2.21. The van der Waals surface area contributed by atoms with Gasteiger partial charge in [-0.3, -0.25) is 23.6 Å². The molecule has 0 spiro atoms. The maximum atomic E-state index is 14.1. The van der Waals surface area contributed by atoms with E-state index in [0.29, 0.717) is 3.57 Å². The first kappa shape index (κ1) is 18.1. The van der Waals surface area contributed by atoms with E-state index in [1.807, 2.05) is 28.1 Å². The van der Waals surface area contributed by atoms with E-state index in [-0.39, 0.29) is 17.1 Å². The molecule has 0 saturated heterocycles. The Balaban J connectivity index is 2.69. The van der Waals surface area contributed by atoms with Crippen molar-refractivity contribution in [3.8, 4) is 0 Å². The lowest BCUT2D eigenvalue weighted by atomic mass is 10.2. The van der Waals surface area contributed by atoms with Crippen molar-refractivity contribution in [1.29, 1.82) is 0 Å². The third kappa shape index (κ3) is 3.33.